The first-order valence-electron chi connectivity index (χ1n) is 9.43. The molecule has 144 valence electrons. The zero-order valence-corrected chi connectivity index (χ0v) is 16.0. The van der Waals surface area contributed by atoms with Crippen molar-refractivity contribution in [3.63, 3.8) is 0 Å². The summed E-state index contributed by atoms with van der Waals surface area (Å²) in [4.78, 5) is 13.6. The third-order valence-electron chi connectivity index (χ3n) is 4.95. The molecular formula is C20H23N7O. The van der Waals surface area contributed by atoms with E-state index in [1.807, 2.05) is 6.20 Å². The fraction of sp³-hybridized carbons (Fsp3) is 0.350. The van der Waals surface area contributed by atoms with Gasteiger partial charge in [0.2, 0.25) is 5.95 Å². The van der Waals surface area contributed by atoms with Gasteiger partial charge in [-0.1, -0.05) is 30.2 Å². The quantitative estimate of drug-likeness (QED) is 0.566. The molecule has 28 heavy (non-hydrogen) atoms. The van der Waals surface area contributed by atoms with Gasteiger partial charge in [-0.15, -0.1) is 5.10 Å². The average molecular weight is 377 g/mol. The molecule has 0 bridgehead atoms. The second-order valence-corrected chi connectivity index (χ2v) is 6.92. The van der Waals surface area contributed by atoms with Gasteiger partial charge in [-0.05, 0) is 37.5 Å². The van der Waals surface area contributed by atoms with Crippen molar-refractivity contribution in [2.75, 3.05) is 12.4 Å². The van der Waals surface area contributed by atoms with Crippen LogP contribution in [0.1, 0.15) is 31.2 Å². The number of aliphatic hydroxyl groups excluding tert-OH is 1. The summed E-state index contributed by atoms with van der Waals surface area (Å²) in [5.41, 5.74) is 4.37. The summed E-state index contributed by atoms with van der Waals surface area (Å²) in [6.45, 7) is 2.07. The Bertz CT molecular complexity index is 1100. The molecule has 0 amide bonds. The zero-order valence-electron chi connectivity index (χ0n) is 16.0. The summed E-state index contributed by atoms with van der Waals surface area (Å²) in [6, 6.07) is 8.75. The predicted molar refractivity (Wildman–Crippen MR) is 109 cm³/mol. The number of aryl methyl sites for hydroxylation is 1. The molecule has 3 aromatic heterocycles. The van der Waals surface area contributed by atoms with Crippen LogP contribution in [0.15, 0.2) is 36.7 Å². The fourth-order valence-electron chi connectivity index (χ4n) is 3.56. The molecule has 0 spiro atoms. The minimum atomic E-state index is 0.461. The first kappa shape index (κ1) is 18.2. The van der Waals surface area contributed by atoms with Crippen LogP contribution in [0.5, 0.6) is 0 Å². The lowest BCUT2D eigenvalue weighted by atomic mass is 10.1. The SMILES string of the molecule is CO.Cc1ccc2cc(-n3nnc4cnc(NC5CCCC5)nc43)cnc2c1. The minimum absolute atomic E-state index is 0.461. The van der Waals surface area contributed by atoms with E-state index in [0.717, 1.165) is 23.7 Å². The maximum atomic E-state index is 7.00. The van der Waals surface area contributed by atoms with E-state index in [4.69, 9.17) is 5.11 Å². The standard InChI is InChI=1S/C19H19N7.CH4O/c1-12-6-7-13-9-15(10-20-16(13)8-12)26-18-17(24-25-26)11-21-19(23-18)22-14-4-2-3-5-14;1-2/h6-11,14H,2-5H2,1H3,(H,21,22,23);2H,1H3. The number of rotatable bonds is 3. The van der Waals surface area contributed by atoms with Crippen LogP contribution >= 0.6 is 0 Å². The van der Waals surface area contributed by atoms with Crippen molar-refractivity contribution in [2.45, 2.75) is 38.6 Å². The van der Waals surface area contributed by atoms with Crippen molar-refractivity contribution in [1.29, 1.82) is 0 Å². The van der Waals surface area contributed by atoms with Crippen molar-refractivity contribution >= 4 is 28.0 Å². The fourth-order valence-corrected chi connectivity index (χ4v) is 3.56. The average Bonchev–Trinajstić information content (AvgIpc) is 3.39. The van der Waals surface area contributed by atoms with E-state index >= 15 is 0 Å². The Labute approximate surface area is 162 Å². The molecular weight excluding hydrogens is 354 g/mol. The first-order valence-corrected chi connectivity index (χ1v) is 9.43. The van der Waals surface area contributed by atoms with Crippen LogP contribution in [0.25, 0.3) is 27.8 Å². The highest BCUT2D eigenvalue weighted by molar-refractivity contribution is 5.81. The lowest BCUT2D eigenvalue weighted by molar-refractivity contribution is 0.399. The number of aliphatic hydroxyl groups is 1. The second kappa shape index (κ2) is 7.85. The maximum Gasteiger partial charge on any atom is 0.225 e. The number of nitrogens with zero attached hydrogens (tertiary/aromatic N) is 6. The Morgan fingerprint density at radius 1 is 1.04 bits per heavy atom. The van der Waals surface area contributed by atoms with Gasteiger partial charge in [0.25, 0.3) is 0 Å². The van der Waals surface area contributed by atoms with Gasteiger partial charge in [0.1, 0.15) is 0 Å². The molecule has 8 heteroatoms. The molecule has 3 heterocycles. The van der Waals surface area contributed by atoms with Gasteiger partial charge in [-0.2, -0.15) is 9.67 Å². The Balaban J connectivity index is 0.000000932. The number of benzene rings is 1. The highest BCUT2D eigenvalue weighted by atomic mass is 16.2. The molecule has 0 atom stereocenters. The monoisotopic (exact) mass is 377 g/mol. The normalized spacial score (nSPS) is 14.2. The molecule has 4 aromatic rings. The predicted octanol–water partition coefficient (Wildman–Crippen LogP) is 3.03. The third-order valence-corrected chi connectivity index (χ3v) is 4.95. The van der Waals surface area contributed by atoms with Crippen LogP contribution in [0.2, 0.25) is 0 Å². The van der Waals surface area contributed by atoms with Crippen LogP contribution in [0.4, 0.5) is 5.95 Å². The number of anilines is 1. The summed E-state index contributed by atoms with van der Waals surface area (Å²) < 4.78 is 1.73. The number of fused-ring (bicyclic) bond motifs is 2. The van der Waals surface area contributed by atoms with Crippen molar-refractivity contribution < 1.29 is 5.11 Å². The van der Waals surface area contributed by atoms with E-state index in [2.05, 4.69) is 61.8 Å². The number of nitrogens with one attached hydrogen (secondary N) is 1. The largest absolute Gasteiger partial charge is 0.400 e. The smallest absolute Gasteiger partial charge is 0.225 e. The number of aromatic nitrogens is 6. The Kier molecular flexibility index (Phi) is 5.12. The summed E-state index contributed by atoms with van der Waals surface area (Å²) in [5, 5.41) is 19.9. The molecule has 1 saturated carbocycles. The second-order valence-electron chi connectivity index (χ2n) is 6.92. The topological polar surface area (TPSA) is 102 Å². The van der Waals surface area contributed by atoms with Crippen molar-refractivity contribution in [1.82, 2.24) is 29.9 Å². The zero-order chi connectivity index (χ0) is 19.5. The van der Waals surface area contributed by atoms with E-state index in [1.54, 1.807) is 10.9 Å². The number of pyridine rings is 1. The van der Waals surface area contributed by atoms with E-state index in [-0.39, 0.29) is 0 Å². The van der Waals surface area contributed by atoms with Crippen LogP contribution in [0.3, 0.4) is 0 Å². The lowest BCUT2D eigenvalue weighted by Gasteiger charge is -2.11. The third kappa shape index (κ3) is 3.50. The van der Waals surface area contributed by atoms with Crippen molar-refractivity contribution in [3.8, 4) is 5.69 Å². The van der Waals surface area contributed by atoms with Gasteiger partial charge in [-0.3, -0.25) is 4.98 Å². The van der Waals surface area contributed by atoms with Crippen LogP contribution in [0, 0.1) is 6.92 Å². The molecule has 1 aromatic carbocycles. The van der Waals surface area contributed by atoms with Gasteiger partial charge in [-0.25, -0.2) is 4.98 Å². The number of hydrogen-bond acceptors (Lipinski definition) is 7. The summed E-state index contributed by atoms with van der Waals surface area (Å²) >= 11 is 0. The molecule has 1 fully saturated rings. The van der Waals surface area contributed by atoms with E-state index in [1.165, 1.54) is 31.2 Å². The minimum Gasteiger partial charge on any atom is -0.400 e. The summed E-state index contributed by atoms with van der Waals surface area (Å²) in [5.74, 6) is 0.636. The molecule has 1 aliphatic carbocycles. The molecule has 0 unspecified atom stereocenters. The van der Waals surface area contributed by atoms with Gasteiger partial charge in [0.05, 0.1) is 23.6 Å². The highest BCUT2D eigenvalue weighted by Gasteiger charge is 2.17. The Morgan fingerprint density at radius 2 is 1.86 bits per heavy atom. The maximum absolute atomic E-state index is 7.00. The van der Waals surface area contributed by atoms with Crippen molar-refractivity contribution in [2.24, 2.45) is 0 Å². The Morgan fingerprint density at radius 3 is 2.68 bits per heavy atom. The van der Waals surface area contributed by atoms with Crippen LogP contribution < -0.4 is 5.32 Å². The Hall–Kier alpha value is -3.13. The molecule has 0 radical (unpaired) electrons. The molecule has 5 rings (SSSR count). The molecule has 2 N–H and O–H groups in total. The summed E-state index contributed by atoms with van der Waals surface area (Å²) in [6.07, 6.45) is 8.41. The molecule has 0 aliphatic heterocycles. The van der Waals surface area contributed by atoms with E-state index in [0.29, 0.717) is 23.2 Å². The molecule has 1 aliphatic rings. The van der Waals surface area contributed by atoms with E-state index in [9.17, 15) is 0 Å². The van der Waals surface area contributed by atoms with Crippen molar-refractivity contribution in [3.05, 3.63) is 42.2 Å². The van der Waals surface area contributed by atoms with Crippen LogP contribution in [-0.4, -0.2) is 48.2 Å². The van der Waals surface area contributed by atoms with Gasteiger partial charge < -0.3 is 10.4 Å². The molecule has 0 saturated heterocycles. The van der Waals surface area contributed by atoms with Gasteiger partial charge in [0.15, 0.2) is 11.2 Å². The van der Waals surface area contributed by atoms with E-state index < -0.39 is 0 Å². The first-order chi connectivity index (χ1) is 13.8. The summed E-state index contributed by atoms with van der Waals surface area (Å²) in [7, 11) is 1.00. The molecule has 8 nitrogen and oxygen atoms in total. The lowest BCUT2D eigenvalue weighted by Crippen LogP contribution is -2.16. The van der Waals surface area contributed by atoms with Crippen LogP contribution in [-0.2, 0) is 0 Å². The number of hydrogen-bond donors (Lipinski definition) is 2. The highest BCUT2D eigenvalue weighted by Crippen LogP contribution is 2.23. The van der Waals surface area contributed by atoms with Gasteiger partial charge >= 0.3 is 0 Å². The van der Waals surface area contributed by atoms with Gasteiger partial charge in [0, 0.05) is 18.5 Å².